The first kappa shape index (κ1) is 21.7. The Morgan fingerprint density at radius 1 is 1.11 bits per heavy atom. The molecule has 35 heavy (non-hydrogen) atoms. The quantitative estimate of drug-likeness (QED) is 0.257. The average Bonchev–Trinajstić information content (AvgIpc) is 3.60. The van der Waals surface area contributed by atoms with E-state index in [1.165, 1.54) is 16.7 Å². The summed E-state index contributed by atoms with van der Waals surface area (Å²) in [4.78, 5) is 24.2. The van der Waals surface area contributed by atoms with E-state index in [1.54, 1.807) is 6.20 Å². The van der Waals surface area contributed by atoms with E-state index >= 15 is 0 Å². The molecule has 0 saturated carbocycles. The van der Waals surface area contributed by atoms with Crippen LogP contribution in [0, 0.1) is 6.92 Å². The molecule has 0 bridgehead atoms. The molecule has 1 saturated heterocycles. The minimum Gasteiger partial charge on any atom is -0.383 e. The highest BCUT2D eigenvalue weighted by molar-refractivity contribution is 7.21. The van der Waals surface area contributed by atoms with Gasteiger partial charge in [0.05, 0.1) is 20.8 Å². The van der Waals surface area contributed by atoms with Crippen molar-refractivity contribution in [2.45, 2.75) is 25.8 Å². The Labute approximate surface area is 208 Å². The smallest absolute Gasteiger partial charge is 0.264 e. The number of hydrogen-bond acceptors (Lipinski definition) is 5. The molecule has 0 radical (unpaired) electrons. The fraction of sp³-hybridized carbons (Fsp3) is 0.214. The molecule has 1 fully saturated rings. The lowest BCUT2D eigenvalue weighted by molar-refractivity contribution is 0.0748. The number of nitrogens with one attached hydrogen (secondary N) is 3. The molecule has 1 amide bonds. The van der Waals surface area contributed by atoms with Gasteiger partial charge < -0.3 is 20.5 Å². The maximum Gasteiger partial charge on any atom is 0.264 e. The molecule has 5 aromatic rings. The monoisotopic (exact) mass is 481 g/mol. The fourth-order valence-electron chi connectivity index (χ4n) is 4.90. The first-order valence-corrected chi connectivity index (χ1v) is 12.8. The third kappa shape index (κ3) is 4.35. The molecule has 1 atom stereocenters. The summed E-state index contributed by atoms with van der Waals surface area (Å²) < 4.78 is 0.999. The van der Waals surface area contributed by atoms with Crippen molar-refractivity contribution < 1.29 is 4.79 Å². The number of amides is 1. The largest absolute Gasteiger partial charge is 0.383 e. The SMILES string of the molecule is Cc1cc2cc(Nc3ccnc4cc(C(=O)N5CCCC5CNc5ccccc5)sc34)ccc2[nH]1. The van der Waals surface area contributed by atoms with Crippen molar-refractivity contribution in [3.8, 4) is 0 Å². The highest BCUT2D eigenvalue weighted by atomic mass is 32.1. The number of pyridine rings is 1. The topological polar surface area (TPSA) is 73.1 Å². The fourth-order valence-corrected chi connectivity index (χ4v) is 5.94. The third-order valence-corrected chi connectivity index (χ3v) is 7.76. The third-order valence-electron chi connectivity index (χ3n) is 6.61. The van der Waals surface area contributed by atoms with Crippen LogP contribution >= 0.6 is 11.3 Å². The summed E-state index contributed by atoms with van der Waals surface area (Å²) in [5.74, 6) is 0.0977. The van der Waals surface area contributed by atoms with Gasteiger partial charge in [0.2, 0.25) is 0 Å². The number of hydrogen-bond donors (Lipinski definition) is 3. The molecular weight excluding hydrogens is 454 g/mol. The first-order valence-electron chi connectivity index (χ1n) is 12.0. The number of aryl methyl sites for hydroxylation is 1. The number of H-pyrrole nitrogens is 1. The molecule has 1 aliphatic heterocycles. The summed E-state index contributed by atoms with van der Waals surface area (Å²) in [7, 11) is 0. The van der Waals surface area contributed by atoms with Gasteiger partial charge in [0, 0.05) is 53.3 Å². The molecule has 6 nitrogen and oxygen atoms in total. The Morgan fingerprint density at radius 2 is 2.00 bits per heavy atom. The number of likely N-dealkylation sites (tertiary alicyclic amines) is 1. The van der Waals surface area contributed by atoms with Crippen LogP contribution in [0.4, 0.5) is 17.1 Å². The number of para-hydroxylation sites is 1. The van der Waals surface area contributed by atoms with E-state index in [9.17, 15) is 4.79 Å². The van der Waals surface area contributed by atoms with Gasteiger partial charge >= 0.3 is 0 Å². The second-order valence-corrected chi connectivity index (χ2v) is 10.2. The Kier molecular flexibility index (Phi) is 5.62. The second kappa shape index (κ2) is 9.07. The minimum absolute atomic E-state index is 0.0977. The summed E-state index contributed by atoms with van der Waals surface area (Å²) in [6.07, 6.45) is 3.85. The molecule has 2 aromatic carbocycles. The van der Waals surface area contributed by atoms with Gasteiger partial charge in [-0.3, -0.25) is 9.78 Å². The van der Waals surface area contributed by atoms with Crippen molar-refractivity contribution in [2.75, 3.05) is 23.7 Å². The van der Waals surface area contributed by atoms with Gasteiger partial charge in [0.25, 0.3) is 5.91 Å². The van der Waals surface area contributed by atoms with Crippen LogP contribution in [0.15, 0.2) is 72.9 Å². The maximum absolute atomic E-state index is 13.5. The van der Waals surface area contributed by atoms with Crippen LogP contribution in [0.5, 0.6) is 0 Å². The molecule has 7 heteroatoms. The van der Waals surface area contributed by atoms with Crippen LogP contribution in [0.3, 0.4) is 0 Å². The van der Waals surface area contributed by atoms with Crippen LogP contribution in [0.25, 0.3) is 21.1 Å². The summed E-state index contributed by atoms with van der Waals surface area (Å²) in [5, 5.41) is 8.19. The molecular formula is C28H27N5OS. The highest BCUT2D eigenvalue weighted by Crippen LogP contribution is 2.34. The van der Waals surface area contributed by atoms with Crippen LogP contribution < -0.4 is 10.6 Å². The Balaban J connectivity index is 1.22. The number of anilines is 3. The zero-order valence-corrected chi connectivity index (χ0v) is 20.4. The van der Waals surface area contributed by atoms with Gasteiger partial charge in [-0.1, -0.05) is 18.2 Å². The van der Waals surface area contributed by atoms with Crippen LogP contribution in [-0.4, -0.2) is 39.9 Å². The average molecular weight is 482 g/mol. The van der Waals surface area contributed by atoms with Crippen molar-refractivity contribution in [1.29, 1.82) is 0 Å². The van der Waals surface area contributed by atoms with E-state index in [2.05, 4.69) is 63.9 Å². The summed E-state index contributed by atoms with van der Waals surface area (Å²) in [6.45, 7) is 3.61. The molecule has 4 heterocycles. The van der Waals surface area contributed by atoms with Gasteiger partial charge in [-0.15, -0.1) is 11.3 Å². The molecule has 1 unspecified atom stereocenters. The van der Waals surface area contributed by atoms with E-state index in [-0.39, 0.29) is 11.9 Å². The van der Waals surface area contributed by atoms with Crippen molar-refractivity contribution in [3.63, 3.8) is 0 Å². The summed E-state index contributed by atoms with van der Waals surface area (Å²) >= 11 is 1.52. The number of thiophene rings is 1. The lowest BCUT2D eigenvalue weighted by Crippen LogP contribution is -2.39. The molecule has 0 aliphatic carbocycles. The minimum atomic E-state index is 0.0977. The predicted molar refractivity (Wildman–Crippen MR) is 145 cm³/mol. The predicted octanol–water partition coefficient (Wildman–Crippen LogP) is 6.55. The van der Waals surface area contributed by atoms with Crippen molar-refractivity contribution >= 4 is 55.4 Å². The lowest BCUT2D eigenvalue weighted by Gasteiger charge is -2.25. The van der Waals surface area contributed by atoms with Gasteiger partial charge in [-0.05, 0) is 68.3 Å². The molecule has 176 valence electrons. The Morgan fingerprint density at radius 3 is 2.89 bits per heavy atom. The van der Waals surface area contributed by atoms with Crippen LogP contribution in [0.2, 0.25) is 0 Å². The van der Waals surface area contributed by atoms with Crippen LogP contribution in [-0.2, 0) is 0 Å². The van der Waals surface area contributed by atoms with E-state index in [1.807, 2.05) is 35.2 Å². The van der Waals surface area contributed by atoms with Gasteiger partial charge in [0.1, 0.15) is 0 Å². The van der Waals surface area contributed by atoms with Crippen molar-refractivity contribution in [1.82, 2.24) is 14.9 Å². The number of rotatable bonds is 6. The van der Waals surface area contributed by atoms with E-state index in [0.29, 0.717) is 0 Å². The standard InChI is InChI=1S/C28H27N5OS/c1-18-14-19-15-21(9-10-23(19)31-18)32-24-11-12-29-25-16-26(35-27(24)25)28(34)33-13-5-8-22(33)17-30-20-6-3-2-4-7-20/h2-4,6-7,9-12,14-16,22,30-31H,5,8,13,17H2,1H3,(H,29,32). The zero-order valence-electron chi connectivity index (χ0n) is 19.5. The van der Waals surface area contributed by atoms with Gasteiger partial charge in [-0.2, -0.15) is 0 Å². The number of aromatic nitrogens is 2. The van der Waals surface area contributed by atoms with Crippen LogP contribution in [0.1, 0.15) is 28.2 Å². The summed E-state index contributed by atoms with van der Waals surface area (Å²) in [5.41, 5.74) is 6.18. The lowest BCUT2D eigenvalue weighted by atomic mass is 10.2. The molecule has 3 aromatic heterocycles. The molecule has 6 rings (SSSR count). The zero-order chi connectivity index (χ0) is 23.8. The number of carbonyl (C=O) groups is 1. The Hall–Kier alpha value is -3.84. The van der Waals surface area contributed by atoms with Crippen molar-refractivity contribution in [2.24, 2.45) is 0 Å². The number of aromatic amines is 1. The number of fused-ring (bicyclic) bond motifs is 2. The first-order chi connectivity index (χ1) is 17.1. The van der Waals surface area contributed by atoms with Gasteiger partial charge in [-0.25, -0.2) is 0 Å². The van der Waals surface area contributed by atoms with Crippen molar-refractivity contribution in [3.05, 3.63) is 83.5 Å². The Bertz CT molecular complexity index is 1510. The number of benzene rings is 2. The summed E-state index contributed by atoms with van der Waals surface area (Å²) in [6, 6.07) is 22.7. The van der Waals surface area contributed by atoms with E-state index in [0.717, 1.165) is 69.3 Å². The number of nitrogens with zero attached hydrogens (tertiary/aromatic N) is 2. The molecule has 0 spiro atoms. The maximum atomic E-state index is 13.5. The second-order valence-electron chi connectivity index (χ2n) is 9.10. The van der Waals surface area contributed by atoms with Gasteiger partial charge in [0.15, 0.2) is 0 Å². The van der Waals surface area contributed by atoms with E-state index in [4.69, 9.17) is 0 Å². The van der Waals surface area contributed by atoms with E-state index < -0.39 is 0 Å². The molecule has 1 aliphatic rings. The normalized spacial score (nSPS) is 15.7. The number of carbonyl (C=O) groups excluding carboxylic acids is 1. The highest BCUT2D eigenvalue weighted by Gasteiger charge is 2.30. The molecule has 3 N–H and O–H groups in total.